The summed E-state index contributed by atoms with van der Waals surface area (Å²) in [5, 5.41) is 1.50. The molecular formula is C17H16N2O2S2. The van der Waals surface area contributed by atoms with Gasteiger partial charge >= 0.3 is 5.97 Å². The number of carbonyl (C=O) groups excluding carboxylic acids is 1. The van der Waals surface area contributed by atoms with Crippen molar-refractivity contribution >= 4 is 39.3 Å². The second-order valence-corrected chi connectivity index (χ2v) is 7.25. The molecule has 0 unspecified atom stereocenters. The highest BCUT2D eigenvalue weighted by atomic mass is 32.2. The van der Waals surface area contributed by atoms with Gasteiger partial charge in [0.1, 0.15) is 21.4 Å². The second kappa shape index (κ2) is 7.10. The number of benzene rings is 1. The Morgan fingerprint density at radius 2 is 2.09 bits per heavy atom. The van der Waals surface area contributed by atoms with E-state index in [-0.39, 0.29) is 11.2 Å². The fourth-order valence-electron chi connectivity index (χ4n) is 2.15. The van der Waals surface area contributed by atoms with Crippen LogP contribution in [0.3, 0.4) is 0 Å². The molecule has 6 heteroatoms. The minimum Gasteiger partial charge on any atom is -0.465 e. The molecule has 0 spiro atoms. The first-order valence-corrected chi connectivity index (χ1v) is 9.02. The first-order valence-electron chi connectivity index (χ1n) is 7.32. The summed E-state index contributed by atoms with van der Waals surface area (Å²) >= 11 is 3.04. The van der Waals surface area contributed by atoms with Crippen molar-refractivity contribution in [1.82, 2.24) is 9.97 Å². The van der Waals surface area contributed by atoms with Gasteiger partial charge in [-0.1, -0.05) is 42.1 Å². The molecule has 0 aliphatic heterocycles. The number of carbonyl (C=O) groups is 1. The van der Waals surface area contributed by atoms with Crippen molar-refractivity contribution in [3.63, 3.8) is 0 Å². The molecule has 4 nitrogen and oxygen atoms in total. The number of aromatic nitrogens is 2. The number of fused-ring (bicyclic) bond motifs is 1. The zero-order valence-electron chi connectivity index (χ0n) is 12.9. The minimum atomic E-state index is -0.298. The monoisotopic (exact) mass is 344 g/mol. The van der Waals surface area contributed by atoms with E-state index in [2.05, 4.69) is 28.2 Å². The molecular weight excluding hydrogens is 328 g/mol. The molecule has 118 valence electrons. The van der Waals surface area contributed by atoms with E-state index in [0.29, 0.717) is 6.61 Å². The number of rotatable bonds is 5. The van der Waals surface area contributed by atoms with Gasteiger partial charge in [0.15, 0.2) is 0 Å². The first kappa shape index (κ1) is 16.0. The third-order valence-corrected chi connectivity index (χ3v) is 5.44. The fourth-order valence-corrected chi connectivity index (χ4v) is 4.11. The van der Waals surface area contributed by atoms with Crippen molar-refractivity contribution in [2.45, 2.75) is 24.1 Å². The van der Waals surface area contributed by atoms with Gasteiger partial charge in [0.25, 0.3) is 0 Å². The molecule has 2 aromatic heterocycles. The molecule has 1 atom stereocenters. The van der Waals surface area contributed by atoms with Crippen LogP contribution in [0.1, 0.15) is 13.8 Å². The molecule has 0 aliphatic carbocycles. The minimum absolute atomic E-state index is 0.220. The third kappa shape index (κ3) is 3.54. The Bertz CT molecular complexity index is 818. The van der Waals surface area contributed by atoms with Crippen molar-refractivity contribution in [2.24, 2.45) is 0 Å². The summed E-state index contributed by atoms with van der Waals surface area (Å²) in [5.74, 6) is -0.220. The molecule has 0 fully saturated rings. The number of ether oxygens (including phenoxy) is 1. The Morgan fingerprint density at radius 1 is 1.30 bits per heavy atom. The lowest BCUT2D eigenvalue weighted by Gasteiger charge is -2.09. The zero-order chi connectivity index (χ0) is 16.2. The van der Waals surface area contributed by atoms with Gasteiger partial charge in [-0.15, -0.1) is 11.3 Å². The predicted molar refractivity (Wildman–Crippen MR) is 94.8 cm³/mol. The van der Waals surface area contributed by atoms with Crippen LogP contribution < -0.4 is 0 Å². The van der Waals surface area contributed by atoms with E-state index in [4.69, 9.17) is 4.74 Å². The Kier molecular flexibility index (Phi) is 4.93. The summed E-state index contributed by atoms with van der Waals surface area (Å²) in [6.45, 7) is 4.03. The maximum absolute atomic E-state index is 11.8. The van der Waals surface area contributed by atoms with Crippen LogP contribution in [0, 0.1) is 0 Å². The van der Waals surface area contributed by atoms with Crippen LogP contribution in [-0.2, 0) is 9.53 Å². The highest BCUT2D eigenvalue weighted by molar-refractivity contribution is 8.00. The largest absolute Gasteiger partial charge is 0.465 e. The van der Waals surface area contributed by atoms with E-state index in [0.717, 1.165) is 25.7 Å². The normalized spacial score (nSPS) is 12.3. The summed E-state index contributed by atoms with van der Waals surface area (Å²) in [6.07, 6.45) is 1.55. The van der Waals surface area contributed by atoms with Gasteiger partial charge in [0, 0.05) is 10.3 Å². The Morgan fingerprint density at radius 3 is 2.83 bits per heavy atom. The van der Waals surface area contributed by atoms with Gasteiger partial charge in [0.05, 0.1) is 6.61 Å². The molecule has 23 heavy (non-hydrogen) atoms. The molecule has 0 saturated carbocycles. The van der Waals surface area contributed by atoms with Gasteiger partial charge in [0.2, 0.25) is 0 Å². The lowest BCUT2D eigenvalue weighted by atomic mass is 10.2. The average Bonchev–Trinajstić information content (AvgIpc) is 3.01. The molecule has 0 N–H and O–H groups in total. The van der Waals surface area contributed by atoms with E-state index < -0.39 is 0 Å². The van der Waals surface area contributed by atoms with Crippen LogP contribution in [0.5, 0.6) is 0 Å². The number of esters is 1. The van der Waals surface area contributed by atoms with Gasteiger partial charge in [-0.2, -0.15) is 0 Å². The van der Waals surface area contributed by atoms with E-state index in [1.54, 1.807) is 17.7 Å². The van der Waals surface area contributed by atoms with E-state index >= 15 is 0 Å². The predicted octanol–water partition coefficient (Wildman–Crippen LogP) is 4.40. The number of nitrogens with zero attached hydrogens (tertiary/aromatic N) is 2. The standard InChI is InChI=1S/C17H16N2O2S2/c1-3-21-17(20)11(2)22-15-13-9-14(12-7-5-4-6-8-12)23-16(13)19-10-18-15/h4-11H,3H2,1-2H3/t11-/m0/s1. The smallest absolute Gasteiger partial charge is 0.319 e. The van der Waals surface area contributed by atoms with Crippen molar-refractivity contribution in [3.05, 3.63) is 42.7 Å². The summed E-state index contributed by atoms with van der Waals surface area (Å²) in [6, 6.07) is 12.3. The Balaban J connectivity index is 1.93. The van der Waals surface area contributed by atoms with Crippen LogP contribution in [0.2, 0.25) is 0 Å². The van der Waals surface area contributed by atoms with Gasteiger partial charge < -0.3 is 4.74 Å². The molecule has 0 radical (unpaired) electrons. The van der Waals surface area contributed by atoms with Crippen LogP contribution in [0.15, 0.2) is 47.8 Å². The van der Waals surface area contributed by atoms with Crippen molar-refractivity contribution in [2.75, 3.05) is 6.61 Å². The molecule has 0 saturated heterocycles. The SMILES string of the molecule is CCOC(=O)[C@H](C)Sc1ncnc2sc(-c3ccccc3)cc12. The van der Waals surface area contributed by atoms with Gasteiger partial charge in [-0.05, 0) is 25.5 Å². The number of thiophene rings is 1. The lowest BCUT2D eigenvalue weighted by molar-refractivity contribution is -0.142. The number of hydrogen-bond acceptors (Lipinski definition) is 6. The van der Waals surface area contributed by atoms with E-state index in [9.17, 15) is 4.79 Å². The first-order chi connectivity index (χ1) is 11.2. The molecule has 0 amide bonds. The average molecular weight is 344 g/mol. The Labute approximate surface area is 142 Å². The van der Waals surface area contributed by atoms with Crippen molar-refractivity contribution < 1.29 is 9.53 Å². The highest BCUT2D eigenvalue weighted by Crippen LogP contribution is 2.37. The van der Waals surface area contributed by atoms with Gasteiger partial charge in [-0.25, -0.2) is 9.97 Å². The Hall–Kier alpha value is -1.92. The molecule has 3 rings (SSSR count). The quantitative estimate of drug-likeness (QED) is 0.390. The summed E-state index contributed by atoms with van der Waals surface area (Å²) < 4.78 is 5.06. The van der Waals surface area contributed by atoms with Crippen LogP contribution in [-0.4, -0.2) is 27.8 Å². The topological polar surface area (TPSA) is 52.1 Å². The number of thioether (sulfide) groups is 1. The second-order valence-electron chi connectivity index (χ2n) is 4.89. The molecule has 0 aliphatic rings. The van der Waals surface area contributed by atoms with E-state index in [1.165, 1.54) is 11.8 Å². The maximum atomic E-state index is 11.8. The lowest BCUT2D eigenvalue weighted by Crippen LogP contribution is -2.16. The van der Waals surface area contributed by atoms with Crippen LogP contribution in [0.4, 0.5) is 0 Å². The summed E-state index contributed by atoms with van der Waals surface area (Å²) in [5.41, 5.74) is 1.16. The summed E-state index contributed by atoms with van der Waals surface area (Å²) in [7, 11) is 0. The third-order valence-electron chi connectivity index (χ3n) is 3.26. The molecule has 3 aromatic rings. The highest BCUT2D eigenvalue weighted by Gasteiger charge is 2.19. The zero-order valence-corrected chi connectivity index (χ0v) is 14.5. The molecule has 1 aromatic carbocycles. The van der Waals surface area contributed by atoms with Crippen molar-refractivity contribution in [1.29, 1.82) is 0 Å². The maximum Gasteiger partial charge on any atom is 0.319 e. The van der Waals surface area contributed by atoms with Gasteiger partial charge in [-0.3, -0.25) is 4.79 Å². The van der Waals surface area contributed by atoms with E-state index in [1.807, 2.05) is 32.0 Å². The summed E-state index contributed by atoms with van der Waals surface area (Å²) in [4.78, 5) is 22.6. The fraction of sp³-hybridized carbons (Fsp3) is 0.235. The van der Waals surface area contributed by atoms with Crippen molar-refractivity contribution in [3.8, 4) is 10.4 Å². The number of hydrogen-bond donors (Lipinski definition) is 0. The van der Waals surface area contributed by atoms with Crippen LogP contribution in [0.25, 0.3) is 20.7 Å². The molecule has 2 heterocycles. The van der Waals surface area contributed by atoms with Crippen LogP contribution >= 0.6 is 23.1 Å². The molecule has 0 bridgehead atoms.